The molecule has 24 heavy (non-hydrogen) atoms. The molecule has 1 saturated heterocycles. The van der Waals surface area contributed by atoms with Crippen molar-refractivity contribution in [3.05, 3.63) is 24.3 Å². The van der Waals surface area contributed by atoms with E-state index in [4.69, 9.17) is 0 Å². The topological polar surface area (TPSA) is 107 Å². The Hall–Kier alpha value is -0.895. The molecule has 0 spiro atoms. The maximum atomic E-state index is 12.5. The minimum absolute atomic E-state index is 0.00720. The van der Waals surface area contributed by atoms with Crippen LogP contribution in [0.3, 0.4) is 0 Å². The molecule has 2 amide bonds. The molecule has 7 nitrogen and oxygen atoms in total. The highest BCUT2D eigenvalue weighted by atomic mass is 32.2. The van der Waals surface area contributed by atoms with Crippen molar-refractivity contribution in [2.24, 2.45) is 0 Å². The Morgan fingerprint density at radius 3 is 2.79 bits per heavy atom. The number of thiol groups is 1. The van der Waals surface area contributed by atoms with Gasteiger partial charge in [-0.05, 0) is 17.6 Å². The van der Waals surface area contributed by atoms with Crippen LogP contribution in [0.5, 0.6) is 0 Å². The van der Waals surface area contributed by atoms with Gasteiger partial charge in [0.15, 0.2) is 5.52 Å². The summed E-state index contributed by atoms with van der Waals surface area (Å²) in [6.45, 7) is 0. The number of hydrogen-bond acceptors (Lipinski definition) is 8. The highest BCUT2D eigenvalue weighted by Gasteiger charge is 2.40. The lowest BCUT2D eigenvalue weighted by molar-refractivity contribution is -0.121. The molecule has 1 aromatic carbocycles. The first-order chi connectivity index (χ1) is 11.3. The van der Waals surface area contributed by atoms with Gasteiger partial charge in [-0.3, -0.25) is 19.1 Å². The molecule has 1 aromatic rings. The molecule has 0 bridgehead atoms. The molecule has 3 N–H and O–H groups in total. The second kappa shape index (κ2) is 8.46. The molecule has 1 aliphatic rings. The van der Waals surface area contributed by atoms with Crippen molar-refractivity contribution in [3.63, 3.8) is 0 Å². The fraction of sp³-hybridized carbons (Fsp3) is 0.308. The Morgan fingerprint density at radius 1 is 1.50 bits per heavy atom. The average Bonchev–Trinajstić information content (AvgIpc) is 2.82. The van der Waals surface area contributed by atoms with E-state index in [1.165, 1.54) is 18.2 Å². The summed E-state index contributed by atoms with van der Waals surface area (Å²) in [5.74, 6) is -0.538. The number of carbonyl (C=O) groups is 3. The third kappa shape index (κ3) is 4.39. The third-order valence-electron chi connectivity index (χ3n) is 3.41. The second-order valence-corrected chi connectivity index (χ2v) is 7.08. The first kappa shape index (κ1) is 19.4. The molecule has 2 unspecified atom stereocenters. The Bertz CT molecular complexity index is 663. The Labute approximate surface area is 151 Å². The van der Waals surface area contributed by atoms with Gasteiger partial charge in [-0.15, -0.1) is 0 Å². The van der Waals surface area contributed by atoms with Crippen molar-refractivity contribution in [3.8, 4) is 0 Å². The summed E-state index contributed by atoms with van der Waals surface area (Å²) >= 11 is 5.08. The van der Waals surface area contributed by atoms with Gasteiger partial charge in [0.05, 0.1) is 11.7 Å². The standard InChI is InChI=1S/C13H16BN2O5PS2/c17-11-5-10(24-15-9(6-23)13(19)22)12(18)16(11)8-3-1-2-7(4-8)14(20)21/h1-4,9-10,15,20-21,23H,5-6,22H2/t9-,10?/m0/s1. The monoisotopic (exact) mass is 386 g/mol. The van der Waals surface area contributed by atoms with E-state index in [0.717, 1.165) is 16.8 Å². The average molecular weight is 386 g/mol. The number of carbonyl (C=O) groups excluding carboxylic acids is 3. The molecule has 2 rings (SSSR count). The number of benzene rings is 1. The molecular weight excluding hydrogens is 370 g/mol. The molecular formula is C13H16BN2O5PS2. The van der Waals surface area contributed by atoms with Crippen LogP contribution in [-0.4, -0.2) is 51.5 Å². The van der Waals surface area contributed by atoms with E-state index in [2.05, 4.69) is 26.6 Å². The first-order valence-corrected chi connectivity index (χ1v) is 9.08. The molecule has 11 heteroatoms. The zero-order chi connectivity index (χ0) is 17.9. The van der Waals surface area contributed by atoms with Gasteiger partial charge in [0.2, 0.25) is 11.8 Å². The normalized spacial score (nSPS) is 18.8. The van der Waals surface area contributed by atoms with E-state index in [1.807, 2.05) is 0 Å². The lowest BCUT2D eigenvalue weighted by Gasteiger charge is -2.17. The second-order valence-electron chi connectivity index (χ2n) is 5.10. The number of anilines is 1. The van der Waals surface area contributed by atoms with E-state index in [9.17, 15) is 24.4 Å². The zero-order valence-electron chi connectivity index (χ0n) is 12.5. The fourth-order valence-electron chi connectivity index (χ4n) is 2.14. The lowest BCUT2D eigenvalue weighted by atomic mass is 9.80. The number of rotatable bonds is 7. The molecule has 0 saturated carbocycles. The quantitative estimate of drug-likeness (QED) is 0.156. The highest BCUT2D eigenvalue weighted by Crippen LogP contribution is 2.28. The van der Waals surface area contributed by atoms with E-state index in [-0.39, 0.29) is 34.8 Å². The molecule has 1 heterocycles. The zero-order valence-corrected chi connectivity index (χ0v) is 15.3. The summed E-state index contributed by atoms with van der Waals surface area (Å²) in [6.07, 6.45) is -0.00720. The van der Waals surface area contributed by atoms with Crippen molar-refractivity contribution in [2.75, 3.05) is 10.7 Å². The van der Waals surface area contributed by atoms with Crippen molar-refractivity contribution >= 4 is 69.4 Å². The summed E-state index contributed by atoms with van der Waals surface area (Å²) in [4.78, 5) is 37.0. The number of nitrogens with one attached hydrogen (secondary N) is 1. The van der Waals surface area contributed by atoms with Gasteiger partial charge in [0, 0.05) is 12.2 Å². The van der Waals surface area contributed by atoms with E-state index in [0.29, 0.717) is 0 Å². The number of hydrogen-bond donors (Lipinski definition) is 4. The maximum absolute atomic E-state index is 12.5. The lowest BCUT2D eigenvalue weighted by Crippen LogP contribution is -2.36. The third-order valence-corrected chi connectivity index (χ3v) is 5.25. The van der Waals surface area contributed by atoms with Crippen LogP contribution in [0.2, 0.25) is 0 Å². The van der Waals surface area contributed by atoms with Crippen LogP contribution in [0.4, 0.5) is 5.69 Å². The fourth-order valence-corrected chi connectivity index (χ4v) is 4.02. The highest BCUT2D eigenvalue weighted by molar-refractivity contribution is 7.98. The Kier molecular flexibility index (Phi) is 6.85. The van der Waals surface area contributed by atoms with Crippen molar-refractivity contribution in [1.82, 2.24) is 4.72 Å². The van der Waals surface area contributed by atoms with Crippen LogP contribution in [0.1, 0.15) is 6.42 Å². The smallest absolute Gasteiger partial charge is 0.423 e. The Morgan fingerprint density at radius 2 is 2.21 bits per heavy atom. The SMILES string of the molecule is O=C(P)[C@H](CS)NSC1CC(=O)N(c2cccc(B(O)O)c2)C1=O. The molecule has 1 fully saturated rings. The van der Waals surface area contributed by atoms with Crippen LogP contribution >= 0.6 is 33.8 Å². The largest absolute Gasteiger partial charge is 0.488 e. The number of nitrogens with zero attached hydrogens (tertiary/aromatic N) is 1. The van der Waals surface area contributed by atoms with Crippen molar-refractivity contribution in [1.29, 1.82) is 0 Å². The van der Waals surface area contributed by atoms with Crippen LogP contribution in [0.25, 0.3) is 0 Å². The van der Waals surface area contributed by atoms with Gasteiger partial charge < -0.3 is 10.0 Å². The van der Waals surface area contributed by atoms with Crippen LogP contribution < -0.4 is 15.1 Å². The van der Waals surface area contributed by atoms with Gasteiger partial charge in [-0.25, -0.2) is 4.90 Å². The van der Waals surface area contributed by atoms with Crippen LogP contribution in [0, 0.1) is 0 Å². The minimum Gasteiger partial charge on any atom is -0.423 e. The van der Waals surface area contributed by atoms with Gasteiger partial charge in [-0.2, -0.15) is 12.6 Å². The number of imide groups is 1. The molecule has 0 aliphatic carbocycles. The van der Waals surface area contributed by atoms with Gasteiger partial charge >= 0.3 is 7.12 Å². The summed E-state index contributed by atoms with van der Waals surface area (Å²) in [5.41, 5.74) is 0.286. The first-order valence-electron chi connectivity index (χ1n) is 6.99. The predicted octanol–water partition coefficient (Wildman–Crippen LogP) is -1.06. The summed E-state index contributed by atoms with van der Waals surface area (Å²) in [7, 11) is 0.365. The van der Waals surface area contributed by atoms with Crippen LogP contribution in [0.15, 0.2) is 24.3 Å². The van der Waals surface area contributed by atoms with Gasteiger partial charge in [0.25, 0.3) is 0 Å². The molecule has 128 valence electrons. The van der Waals surface area contributed by atoms with E-state index < -0.39 is 24.3 Å². The Balaban J connectivity index is 2.11. The van der Waals surface area contributed by atoms with E-state index >= 15 is 0 Å². The minimum atomic E-state index is -1.69. The molecule has 1 aliphatic heterocycles. The van der Waals surface area contributed by atoms with Crippen molar-refractivity contribution < 1.29 is 24.4 Å². The van der Waals surface area contributed by atoms with E-state index in [1.54, 1.807) is 6.07 Å². The summed E-state index contributed by atoms with van der Waals surface area (Å²) in [5, 5.41) is 17.8. The van der Waals surface area contributed by atoms with Crippen molar-refractivity contribution in [2.45, 2.75) is 17.7 Å². The molecule has 0 radical (unpaired) electrons. The summed E-state index contributed by atoms with van der Waals surface area (Å²) in [6, 6.07) is 5.41. The summed E-state index contributed by atoms with van der Waals surface area (Å²) < 4.78 is 2.85. The van der Waals surface area contributed by atoms with Gasteiger partial charge in [-0.1, -0.05) is 33.3 Å². The maximum Gasteiger partial charge on any atom is 0.488 e. The number of amides is 2. The molecule has 3 atom stereocenters. The van der Waals surface area contributed by atoms with Gasteiger partial charge in [0.1, 0.15) is 5.25 Å². The predicted molar refractivity (Wildman–Crippen MR) is 100 cm³/mol. The molecule has 0 aromatic heterocycles. The van der Waals surface area contributed by atoms with Crippen LogP contribution in [-0.2, 0) is 14.4 Å².